The van der Waals surface area contributed by atoms with Crippen LogP contribution in [0.3, 0.4) is 0 Å². The van der Waals surface area contributed by atoms with Crippen molar-refractivity contribution >= 4 is 34.6 Å². The lowest BCUT2D eigenvalue weighted by Crippen LogP contribution is -2.62. The van der Waals surface area contributed by atoms with Crippen molar-refractivity contribution in [3.63, 3.8) is 0 Å². The van der Waals surface area contributed by atoms with E-state index < -0.39 is 0 Å². The number of fused-ring (bicyclic) bond motifs is 1. The molecule has 6 heterocycles. The number of hydrogen-bond acceptors (Lipinski definition) is 13. The lowest BCUT2D eigenvalue weighted by molar-refractivity contribution is 0.0133. The monoisotopic (exact) mass is 592 g/mol. The third kappa shape index (κ3) is 6.05. The number of hydrogen-bond donors (Lipinski definition) is 2. The number of nitrogens with zero attached hydrogens (tertiary/aromatic N) is 8. The Hall–Kier alpha value is -2.65. The van der Waals surface area contributed by atoms with Gasteiger partial charge in [0.2, 0.25) is 0 Å². The summed E-state index contributed by atoms with van der Waals surface area (Å²) in [6.07, 6.45) is 2.02. The fourth-order valence-electron chi connectivity index (χ4n) is 6.34. The largest absolute Gasteiger partial charge is 0.379 e. The van der Waals surface area contributed by atoms with Crippen LogP contribution in [0.25, 0.3) is 11.2 Å². The van der Waals surface area contributed by atoms with Gasteiger partial charge in [-0.15, -0.1) is 0 Å². The standard InChI is InChI=1S/C29H40N10O2S/c1-2-4-22(5-3-1)20-42-29-28(39-9-7-31-19-24(39)37-12-16-41-17-13-37)35-26-25(34-29)27(33-21-32-26)38-8-6-30-18-23(38)36-10-14-40-15-11-36/h1-5,21,23-24,30-31H,6-20H2. The number of aromatic nitrogens is 4. The van der Waals surface area contributed by atoms with E-state index in [0.717, 1.165) is 120 Å². The first-order chi connectivity index (χ1) is 20.8. The van der Waals surface area contributed by atoms with Crippen molar-refractivity contribution in [3.8, 4) is 0 Å². The van der Waals surface area contributed by atoms with Crippen molar-refractivity contribution in [1.82, 2.24) is 40.4 Å². The number of piperazine rings is 2. The SMILES string of the molecule is c1ccc(CSc2nc3c(N4CCNCC4N4CCOCC4)ncnc3nc2N2CCNCC2N2CCOCC2)cc1. The van der Waals surface area contributed by atoms with Crippen LogP contribution >= 0.6 is 11.8 Å². The Kier molecular flexibility index (Phi) is 8.93. The molecule has 2 N–H and O–H groups in total. The lowest BCUT2D eigenvalue weighted by atomic mass is 10.2. The molecule has 13 heteroatoms. The number of morpholine rings is 2. The molecule has 2 unspecified atom stereocenters. The molecule has 0 saturated carbocycles. The van der Waals surface area contributed by atoms with E-state index >= 15 is 0 Å². The van der Waals surface area contributed by atoms with E-state index in [4.69, 9.17) is 24.4 Å². The molecule has 0 bridgehead atoms. The van der Waals surface area contributed by atoms with E-state index in [-0.39, 0.29) is 12.3 Å². The van der Waals surface area contributed by atoms with E-state index in [2.05, 4.69) is 65.5 Å². The highest BCUT2D eigenvalue weighted by molar-refractivity contribution is 7.98. The maximum atomic E-state index is 5.67. The number of rotatable bonds is 7. The first kappa shape index (κ1) is 28.1. The van der Waals surface area contributed by atoms with E-state index in [1.165, 1.54) is 5.56 Å². The molecule has 3 aromatic rings. The summed E-state index contributed by atoms with van der Waals surface area (Å²) in [6, 6.07) is 10.6. The average molecular weight is 593 g/mol. The maximum absolute atomic E-state index is 5.67. The Bertz CT molecular complexity index is 1320. The summed E-state index contributed by atoms with van der Waals surface area (Å²) in [5.41, 5.74) is 2.69. The number of nitrogens with one attached hydrogen (secondary N) is 2. The molecule has 0 radical (unpaired) electrons. The molecule has 4 aliphatic rings. The summed E-state index contributed by atoms with van der Waals surface area (Å²) in [7, 11) is 0. The van der Waals surface area contributed by atoms with E-state index in [1.807, 2.05) is 0 Å². The second kappa shape index (κ2) is 13.3. The minimum atomic E-state index is 0.182. The van der Waals surface area contributed by atoms with Gasteiger partial charge in [-0.1, -0.05) is 42.1 Å². The zero-order valence-electron chi connectivity index (χ0n) is 24.0. The Morgan fingerprint density at radius 2 is 1.36 bits per heavy atom. The van der Waals surface area contributed by atoms with Crippen LogP contribution in [0, 0.1) is 0 Å². The van der Waals surface area contributed by atoms with Gasteiger partial charge < -0.3 is 29.9 Å². The van der Waals surface area contributed by atoms with E-state index in [9.17, 15) is 0 Å². The van der Waals surface area contributed by atoms with Crippen molar-refractivity contribution in [2.24, 2.45) is 0 Å². The number of benzene rings is 1. The molecule has 4 fully saturated rings. The first-order valence-corrected chi connectivity index (χ1v) is 16.1. The first-order valence-electron chi connectivity index (χ1n) is 15.1. The van der Waals surface area contributed by atoms with Crippen molar-refractivity contribution in [2.75, 3.05) is 102 Å². The Morgan fingerprint density at radius 1 is 0.738 bits per heavy atom. The molecule has 4 aliphatic heterocycles. The molecule has 0 amide bonds. The van der Waals surface area contributed by atoms with Crippen LogP contribution in [0.15, 0.2) is 41.7 Å². The van der Waals surface area contributed by atoms with Gasteiger partial charge in [0.15, 0.2) is 22.8 Å². The lowest BCUT2D eigenvalue weighted by Gasteiger charge is -2.45. The van der Waals surface area contributed by atoms with Gasteiger partial charge in [-0.25, -0.2) is 19.9 Å². The summed E-state index contributed by atoms with van der Waals surface area (Å²) >= 11 is 1.75. The molecule has 2 aromatic heterocycles. The molecule has 0 spiro atoms. The van der Waals surface area contributed by atoms with Gasteiger partial charge >= 0.3 is 0 Å². The summed E-state index contributed by atoms with van der Waals surface area (Å²) in [5.74, 6) is 2.59. The highest BCUT2D eigenvalue weighted by Crippen LogP contribution is 2.35. The Morgan fingerprint density at radius 3 is 2.00 bits per heavy atom. The predicted molar refractivity (Wildman–Crippen MR) is 164 cm³/mol. The summed E-state index contributed by atoms with van der Waals surface area (Å²) < 4.78 is 11.3. The zero-order valence-corrected chi connectivity index (χ0v) is 24.8. The highest BCUT2D eigenvalue weighted by atomic mass is 32.2. The molecule has 1 aromatic carbocycles. The third-order valence-electron chi connectivity index (χ3n) is 8.53. The minimum absolute atomic E-state index is 0.182. The molecule has 42 heavy (non-hydrogen) atoms. The molecule has 12 nitrogen and oxygen atoms in total. The average Bonchev–Trinajstić information content (AvgIpc) is 3.08. The fourth-order valence-corrected chi connectivity index (χ4v) is 7.28. The smallest absolute Gasteiger partial charge is 0.185 e. The van der Waals surface area contributed by atoms with Crippen LogP contribution in [0.4, 0.5) is 11.6 Å². The van der Waals surface area contributed by atoms with E-state index in [1.54, 1.807) is 18.1 Å². The van der Waals surface area contributed by atoms with Gasteiger partial charge in [-0.2, -0.15) is 0 Å². The van der Waals surface area contributed by atoms with Gasteiger partial charge in [-0.05, 0) is 5.56 Å². The normalized spacial score (nSPS) is 24.8. The van der Waals surface area contributed by atoms with E-state index in [0.29, 0.717) is 5.65 Å². The van der Waals surface area contributed by atoms with Crippen LogP contribution in [-0.2, 0) is 15.2 Å². The molecule has 7 rings (SSSR count). The van der Waals surface area contributed by atoms with Gasteiger partial charge in [-0.3, -0.25) is 9.80 Å². The van der Waals surface area contributed by atoms with Gasteiger partial charge in [0.25, 0.3) is 0 Å². The third-order valence-corrected chi connectivity index (χ3v) is 9.55. The number of ether oxygens (including phenoxy) is 2. The van der Waals surface area contributed by atoms with Crippen molar-refractivity contribution in [2.45, 2.75) is 23.1 Å². The summed E-state index contributed by atoms with van der Waals surface area (Å²) in [4.78, 5) is 30.0. The fraction of sp³-hybridized carbons (Fsp3) is 0.586. The van der Waals surface area contributed by atoms with Gasteiger partial charge in [0, 0.05) is 71.2 Å². The van der Waals surface area contributed by atoms with Crippen LogP contribution in [-0.4, -0.2) is 134 Å². The second-order valence-electron chi connectivity index (χ2n) is 11.0. The minimum Gasteiger partial charge on any atom is -0.379 e. The highest BCUT2D eigenvalue weighted by Gasteiger charge is 2.34. The predicted octanol–water partition coefficient (Wildman–Crippen LogP) is 0.848. The molecule has 224 valence electrons. The maximum Gasteiger partial charge on any atom is 0.185 e. The molecular weight excluding hydrogens is 552 g/mol. The van der Waals surface area contributed by atoms with Crippen LogP contribution in [0.5, 0.6) is 0 Å². The molecule has 0 aliphatic carbocycles. The van der Waals surface area contributed by atoms with Gasteiger partial charge in [0.05, 0.1) is 38.8 Å². The van der Waals surface area contributed by atoms with Crippen LogP contribution < -0.4 is 20.4 Å². The quantitative estimate of drug-likeness (QED) is 0.379. The van der Waals surface area contributed by atoms with Crippen molar-refractivity contribution in [1.29, 1.82) is 0 Å². The number of anilines is 2. The summed E-state index contributed by atoms with van der Waals surface area (Å²) in [5, 5.41) is 8.12. The zero-order chi connectivity index (χ0) is 28.1. The van der Waals surface area contributed by atoms with Crippen LogP contribution in [0.1, 0.15) is 5.56 Å². The Labute approximate surface area is 251 Å². The van der Waals surface area contributed by atoms with Crippen molar-refractivity contribution in [3.05, 3.63) is 42.2 Å². The summed E-state index contributed by atoms with van der Waals surface area (Å²) in [6.45, 7) is 11.9. The molecule has 4 saturated heterocycles. The second-order valence-corrected chi connectivity index (χ2v) is 12.0. The van der Waals surface area contributed by atoms with Crippen molar-refractivity contribution < 1.29 is 9.47 Å². The van der Waals surface area contributed by atoms with Crippen LogP contribution in [0.2, 0.25) is 0 Å². The number of thioether (sulfide) groups is 1. The topological polar surface area (TPSA) is 107 Å². The van der Waals surface area contributed by atoms with Gasteiger partial charge in [0.1, 0.15) is 11.4 Å². The molecule has 2 atom stereocenters. The Balaban J connectivity index is 1.28. The molecular formula is C29H40N10O2S.